The third-order valence-corrected chi connectivity index (χ3v) is 3.06. The summed E-state index contributed by atoms with van der Waals surface area (Å²) in [5, 5.41) is 0.838. The third kappa shape index (κ3) is 4.08. The van der Waals surface area contributed by atoms with Crippen LogP contribution in [-0.2, 0) is 5.33 Å². The fourth-order valence-electron chi connectivity index (χ4n) is 1.55. The van der Waals surface area contributed by atoms with E-state index < -0.39 is 0 Å². The van der Waals surface area contributed by atoms with Crippen LogP contribution in [0.4, 0.5) is 0 Å². The Hall–Kier alpha value is -1.48. The Kier molecular flexibility index (Phi) is 5.09. The molecule has 0 amide bonds. The highest BCUT2D eigenvalue weighted by Crippen LogP contribution is 2.15. The molecule has 0 spiro atoms. The molecule has 0 atom stereocenters. The van der Waals surface area contributed by atoms with Crippen molar-refractivity contribution >= 4 is 15.9 Å². The van der Waals surface area contributed by atoms with Crippen LogP contribution in [0.2, 0.25) is 0 Å². The monoisotopic (exact) mass is 306 g/mol. The van der Waals surface area contributed by atoms with Crippen LogP contribution in [0.3, 0.4) is 0 Å². The van der Waals surface area contributed by atoms with Gasteiger partial charge in [-0.05, 0) is 29.8 Å². The van der Waals surface area contributed by atoms with Crippen molar-refractivity contribution in [2.24, 2.45) is 0 Å². The predicted molar refractivity (Wildman–Crippen MR) is 76.5 cm³/mol. The Balaban J connectivity index is 1.75. The van der Waals surface area contributed by atoms with Crippen LogP contribution in [-0.4, -0.2) is 13.2 Å². The Morgan fingerprint density at radius 3 is 2.17 bits per heavy atom. The van der Waals surface area contributed by atoms with E-state index in [2.05, 4.69) is 22.0 Å². The number of ether oxygens (including phenoxy) is 2. The van der Waals surface area contributed by atoms with E-state index in [1.54, 1.807) is 0 Å². The smallest absolute Gasteiger partial charge is 0.122 e. The lowest BCUT2D eigenvalue weighted by molar-refractivity contribution is 0.217. The minimum absolute atomic E-state index is 0.542. The first-order valence-corrected chi connectivity index (χ1v) is 6.96. The molecule has 0 unspecified atom stereocenters. The standard InChI is InChI=1S/C15H15BrO2/c16-12-13-5-4-8-15(11-13)18-10-9-17-14-6-2-1-3-7-14/h1-8,11H,9-10,12H2. The van der Waals surface area contributed by atoms with E-state index in [0.29, 0.717) is 13.2 Å². The first kappa shape index (κ1) is 13.0. The summed E-state index contributed by atoms with van der Waals surface area (Å²) < 4.78 is 11.2. The third-order valence-electron chi connectivity index (χ3n) is 2.42. The van der Waals surface area contributed by atoms with Gasteiger partial charge in [-0.15, -0.1) is 0 Å². The molecule has 0 fully saturated rings. The fourth-order valence-corrected chi connectivity index (χ4v) is 1.90. The van der Waals surface area contributed by atoms with Gasteiger partial charge in [0.1, 0.15) is 24.7 Å². The molecule has 2 aromatic rings. The molecule has 0 aliphatic carbocycles. The van der Waals surface area contributed by atoms with Crippen LogP contribution in [0, 0.1) is 0 Å². The van der Waals surface area contributed by atoms with Crippen molar-refractivity contribution < 1.29 is 9.47 Å². The summed E-state index contributed by atoms with van der Waals surface area (Å²) in [6, 6.07) is 17.8. The normalized spacial score (nSPS) is 10.1. The van der Waals surface area contributed by atoms with Gasteiger partial charge in [0.15, 0.2) is 0 Å². The molecular weight excluding hydrogens is 292 g/mol. The van der Waals surface area contributed by atoms with E-state index in [1.165, 1.54) is 5.56 Å². The first-order valence-electron chi connectivity index (χ1n) is 5.84. The molecule has 2 rings (SSSR count). The highest BCUT2D eigenvalue weighted by molar-refractivity contribution is 9.08. The van der Waals surface area contributed by atoms with Crippen LogP contribution in [0.15, 0.2) is 54.6 Å². The summed E-state index contributed by atoms with van der Waals surface area (Å²) >= 11 is 3.42. The van der Waals surface area contributed by atoms with Gasteiger partial charge in [-0.25, -0.2) is 0 Å². The molecular formula is C15H15BrO2. The highest BCUT2D eigenvalue weighted by atomic mass is 79.9. The molecule has 0 radical (unpaired) electrons. The van der Waals surface area contributed by atoms with Crippen molar-refractivity contribution in [3.63, 3.8) is 0 Å². The summed E-state index contributed by atoms with van der Waals surface area (Å²) in [6.45, 7) is 1.09. The van der Waals surface area contributed by atoms with Crippen molar-refractivity contribution in [3.05, 3.63) is 60.2 Å². The number of hydrogen-bond donors (Lipinski definition) is 0. The summed E-state index contributed by atoms with van der Waals surface area (Å²) in [5.74, 6) is 1.75. The average Bonchev–Trinajstić information content (AvgIpc) is 2.45. The summed E-state index contributed by atoms with van der Waals surface area (Å²) in [7, 11) is 0. The average molecular weight is 307 g/mol. The van der Waals surface area contributed by atoms with E-state index in [1.807, 2.05) is 48.5 Å². The molecule has 0 N–H and O–H groups in total. The number of benzene rings is 2. The van der Waals surface area contributed by atoms with Gasteiger partial charge in [0.25, 0.3) is 0 Å². The lowest BCUT2D eigenvalue weighted by atomic mass is 10.2. The van der Waals surface area contributed by atoms with E-state index >= 15 is 0 Å². The number of rotatable bonds is 6. The van der Waals surface area contributed by atoms with Crippen LogP contribution >= 0.6 is 15.9 Å². The number of hydrogen-bond acceptors (Lipinski definition) is 2. The van der Waals surface area contributed by atoms with Crippen LogP contribution in [0.5, 0.6) is 11.5 Å². The maximum atomic E-state index is 5.62. The van der Waals surface area contributed by atoms with Gasteiger partial charge in [0.05, 0.1) is 0 Å². The number of para-hydroxylation sites is 1. The molecule has 18 heavy (non-hydrogen) atoms. The maximum Gasteiger partial charge on any atom is 0.122 e. The summed E-state index contributed by atoms with van der Waals surface area (Å²) in [6.07, 6.45) is 0. The summed E-state index contributed by atoms with van der Waals surface area (Å²) in [4.78, 5) is 0. The van der Waals surface area contributed by atoms with Crippen molar-refractivity contribution in [2.75, 3.05) is 13.2 Å². The molecule has 0 bridgehead atoms. The van der Waals surface area contributed by atoms with E-state index in [0.717, 1.165) is 16.8 Å². The summed E-state index contributed by atoms with van der Waals surface area (Å²) in [5.41, 5.74) is 1.21. The quantitative estimate of drug-likeness (QED) is 0.592. The van der Waals surface area contributed by atoms with Crippen molar-refractivity contribution in [1.82, 2.24) is 0 Å². The second kappa shape index (κ2) is 7.07. The fraction of sp³-hybridized carbons (Fsp3) is 0.200. The van der Waals surface area contributed by atoms with Gasteiger partial charge >= 0.3 is 0 Å². The lowest BCUT2D eigenvalue weighted by Gasteiger charge is -2.08. The number of halogens is 1. The van der Waals surface area contributed by atoms with Gasteiger partial charge in [-0.1, -0.05) is 46.3 Å². The zero-order valence-corrected chi connectivity index (χ0v) is 11.6. The molecule has 0 saturated heterocycles. The van der Waals surface area contributed by atoms with Crippen molar-refractivity contribution in [3.8, 4) is 11.5 Å². The Morgan fingerprint density at radius 2 is 1.44 bits per heavy atom. The zero-order valence-electron chi connectivity index (χ0n) is 10.0. The topological polar surface area (TPSA) is 18.5 Å². The van der Waals surface area contributed by atoms with E-state index in [-0.39, 0.29) is 0 Å². The minimum Gasteiger partial charge on any atom is -0.490 e. The molecule has 2 nitrogen and oxygen atoms in total. The molecule has 0 aliphatic rings. The van der Waals surface area contributed by atoms with Crippen LogP contribution in [0.25, 0.3) is 0 Å². The first-order chi connectivity index (χ1) is 8.88. The predicted octanol–water partition coefficient (Wildman–Crippen LogP) is 4.04. The minimum atomic E-state index is 0.542. The Morgan fingerprint density at radius 1 is 0.778 bits per heavy atom. The molecule has 0 heterocycles. The van der Waals surface area contributed by atoms with Gasteiger partial charge in [0, 0.05) is 5.33 Å². The molecule has 2 aromatic carbocycles. The van der Waals surface area contributed by atoms with Gasteiger partial charge in [0.2, 0.25) is 0 Å². The van der Waals surface area contributed by atoms with Crippen molar-refractivity contribution in [1.29, 1.82) is 0 Å². The van der Waals surface area contributed by atoms with Crippen molar-refractivity contribution in [2.45, 2.75) is 5.33 Å². The highest BCUT2D eigenvalue weighted by Gasteiger charge is 1.96. The van der Waals surface area contributed by atoms with E-state index in [4.69, 9.17) is 9.47 Å². The lowest BCUT2D eigenvalue weighted by Crippen LogP contribution is -2.08. The number of alkyl halides is 1. The largest absolute Gasteiger partial charge is 0.490 e. The Bertz CT molecular complexity index is 471. The van der Waals surface area contributed by atoms with Gasteiger partial charge < -0.3 is 9.47 Å². The van der Waals surface area contributed by atoms with Gasteiger partial charge in [-0.3, -0.25) is 0 Å². The second-order valence-electron chi connectivity index (χ2n) is 3.79. The molecule has 0 aromatic heterocycles. The zero-order chi connectivity index (χ0) is 12.6. The molecule has 94 valence electrons. The van der Waals surface area contributed by atoms with E-state index in [9.17, 15) is 0 Å². The molecule has 0 aliphatic heterocycles. The van der Waals surface area contributed by atoms with Gasteiger partial charge in [-0.2, -0.15) is 0 Å². The molecule has 0 saturated carbocycles. The Labute approximate surface area is 116 Å². The molecule has 3 heteroatoms. The maximum absolute atomic E-state index is 5.62. The SMILES string of the molecule is BrCc1cccc(OCCOc2ccccc2)c1. The van der Waals surface area contributed by atoms with Crippen LogP contribution in [0.1, 0.15) is 5.56 Å². The second-order valence-corrected chi connectivity index (χ2v) is 4.35. The van der Waals surface area contributed by atoms with Crippen LogP contribution < -0.4 is 9.47 Å².